The van der Waals surface area contributed by atoms with Crippen LogP contribution in [0, 0.1) is 5.82 Å². The molecular weight excluding hydrogens is 342 g/mol. The molecule has 0 amide bonds. The molecule has 2 rings (SSSR count). The second kappa shape index (κ2) is 5.57. The summed E-state index contributed by atoms with van der Waals surface area (Å²) in [5.74, 6) is -0.529. The first kappa shape index (κ1) is 13.8. The molecule has 0 aliphatic heterocycles. The van der Waals surface area contributed by atoms with E-state index in [4.69, 9.17) is 23.2 Å². The lowest BCUT2D eigenvalue weighted by Gasteiger charge is -2.13. The molecule has 2 aromatic carbocycles. The average molecular weight is 350 g/mol. The fraction of sp³-hybridized carbons (Fsp3) is 0.0769. The molecule has 0 aliphatic carbocycles. The van der Waals surface area contributed by atoms with E-state index in [1.807, 2.05) is 0 Å². The number of rotatable bonds is 2. The molecule has 0 saturated heterocycles. The lowest BCUT2D eigenvalue weighted by atomic mass is 10.0. The molecular formula is C13H8BrCl2FO. The molecule has 1 atom stereocenters. The molecule has 0 aliphatic rings. The summed E-state index contributed by atoms with van der Waals surface area (Å²) >= 11 is 14.9. The monoisotopic (exact) mass is 348 g/mol. The van der Waals surface area contributed by atoms with Crippen molar-refractivity contribution in [1.29, 1.82) is 0 Å². The molecule has 1 nitrogen and oxygen atoms in total. The first-order chi connectivity index (χ1) is 8.49. The molecule has 5 heteroatoms. The minimum Gasteiger partial charge on any atom is -0.384 e. The number of halogens is 4. The van der Waals surface area contributed by atoms with Crippen LogP contribution in [0.2, 0.25) is 10.0 Å². The molecule has 94 valence electrons. The van der Waals surface area contributed by atoms with Gasteiger partial charge in [-0.25, -0.2) is 4.39 Å². The fourth-order valence-corrected chi connectivity index (χ4v) is 2.29. The molecule has 2 aromatic rings. The Kier molecular flexibility index (Phi) is 4.28. The highest BCUT2D eigenvalue weighted by Gasteiger charge is 2.17. The molecule has 0 spiro atoms. The van der Waals surface area contributed by atoms with Crippen molar-refractivity contribution in [2.45, 2.75) is 6.10 Å². The topological polar surface area (TPSA) is 20.2 Å². The summed E-state index contributed by atoms with van der Waals surface area (Å²) in [5, 5.41) is 11.0. The van der Waals surface area contributed by atoms with Gasteiger partial charge in [-0.3, -0.25) is 0 Å². The van der Waals surface area contributed by atoms with Crippen molar-refractivity contribution in [3.8, 4) is 0 Å². The maximum absolute atomic E-state index is 13.8. The Bertz CT molecular complexity index is 589. The first-order valence-electron chi connectivity index (χ1n) is 5.07. The van der Waals surface area contributed by atoms with E-state index in [0.717, 1.165) is 0 Å². The molecule has 18 heavy (non-hydrogen) atoms. The van der Waals surface area contributed by atoms with Gasteiger partial charge in [0.25, 0.3) is 0 Å². The maximum Gasteiger partial charge on any atom is 0.130 e. The van der Waals surface area contributed by atoms with Crippen molar-refractivity contribution in [2.75, 3.05) is 0 Å². The Labute approximate surface area is 122 Å². The largest absolute Gasteiger partial charge is 0.384 e. The molecule has 0 radical (unpaired) electrons. The standard InChI is InChI=1S/C13H8BrCl2FO/c14-10-6-12(17)9(5-11(10)16)13(18)7-2-1-3-8(15)4-7/h1-6,13,18H. The van der Waals surface area contributed by atoms with Gasteiger partial charge in [-0.2, -0.15) is 0 Å². The minimum absolute atomic E-state index is 0.116. The zero-order chi connectivity index (χ0) is 13.3. The van der Waals surface area contributed by atoms with E-state index in [0.29, 0.717) is 20.1 Å². The summed E-state index contributed by atoms with van der Waals surface area (Å²) in [6.45, 7) is 0. The van der Waals surface area contributed by atoms with Crippen LogP contribution in [0.3, 0.4) is 0 Å². The average Bonchev–Trinajstić information content (AvgIpc) is 2.33. The van der Waals surface area contributed by atoms with Crippen LogP contribution in [0.25, 0.3) is 0 Å². The van der Waals surface area contributed by atoms with Gasteiger partial charge >= 0.3 is 0 Å². The SMILES string of the molecule is OC(c1cccc(Cl)c1)c1cc(Cl)c(Br)cc1F. The third kappa shape index (κ3) is 2.86. The maximum atomic E-state index is 13.8. The van der Waals surface area contributed by atoms with Gasteiger partial charge in [0, 0.05) is 15.1 Å². The van der Waals surface area contributed by atoms with Gasteiger partial charge in [-0.05, 0) is 45.8 Å². The zero-order valence-electron chi connectivity index (χ0n) is 9.00. The van der Waals surface area contributed by atoms with Gasteiger partial charge < -0.3 is 5.11 Å². The van der Waals surface area contributed by atoms with E-state index in [-0.39, 0.29) is 5.56 Å². The van der Waals surface area contributed by atoms with E-state index in [1.165, 1.54) is 12.1 Å². The second-order valence-corrected chi connectivity index (χ2v) is 5.44. The first-order valence-corrected chi connectivity index (χ1v) is 6.62. The highest BCUT2D eigenvalue weighted by molar-refractivity contribution is 9.10. The predicted molar refractivity (Wildman–Crippen MR) is 74.6 cm³/mol. The Hall–Kier alpha value is -0.610. The third-order valence-electron chi connectivity index (χ3n) is 2.50. The molecule has 1 unspecified atom stereocenters. The fourth-order valence-electron chi connectivity index (χ4n) is 1.60. The normalized spacial score (nSPS) is 12.5. The second-order valence-electron chi connectivity index (χ2n) is 3.75. The zero-order valence-corrected chi connectivity index (χ0v) is 12.1. The number of aliphatic hydroxyl groups excluding tert-OH is 1. The summed E-state index contributed by atoms with van der Waals surface area (Å²) < 4.78 is 14.2. The highest BCUT2D eigenvalue weighted by atomic mass is 79.9. The summed E-state index contributed by atoms with van der Waals surface area (Å²) in [5.41, 5.74) is 0.630. The van der Waals surface area contributed by atoms with Crippen molar-refractivity contribution >= 4 is 39.1 Å². The summed E-state index contributed by atoms with van der Waals surface area (Å²) in [7, 11) is 0. The van der Waals surface area contributed by atoms with Gasteiger partial charge in [-0.15, -0.1) is 0 Å². The van der Waals surface area contributed by atoms with Gasteiger partial charge in [-0.1, -0.05) is 35.3 Å². The summed E-state index contributed by atoms with van der Waals surface area (Å²) in [6.07, 6.45) is -1.10. The van der Waals surface area contributed by atoms with Crippen molar-refractivity contribution in [2.24, 2.45) is 0 Å². The number of aliphatic hydroxyl groups is 1. The van der Waals surface area contributed by atoms with Crippen LogP contribution >= 0.6 is 39.1 Å². The van der Waals surface area contributed by atoms with Crippen molar-refractivity contribution in [1.82, 2.24) is 0 Å². The van der Waals surface area contributed by atoms with Gasteiger partial charge in [0.2, 0.25) is 0 Å². The number of hydrogen-bond acceptors (Lipinski definition) is 1. The number of hydrogen-bond donors (Lipinski definition) is 1. The smallest absolute Gasteiger partial charge is 0.130 e. The molecule has 0 saturated carbocycles. The number of benzene rings is 2. The van der Waals surface area contributed by atoms with Crippen molar-refractivity contribution < 1.29 is 9.50 Å². The van der Waals surface area contributed by atoms with Crippen LogP contribution in [-0.2, 0) is 0 Å². The van der Waals surface area contributed by atoms with Crippen LogP contribution in [0.15, 0.2) is 40.9 Å². The third-order valence-corrected chi connectivity index (χ3v) is 3.93. The van der Waals surface area contributed by atoms with Gasteiger partial charge in [0.15, 0.2) is 0 Å². The van der Waals surface area contributed by atoms with E-state index in [9.17, 15) is 9.50 Å². The predicted octanol–water partition coefficient (Wildman–Crippen LogP) is 4.98. The molecule has 0 aromatic heterocycles. The van der Waals surface area contributed by atoms with E-state index in [2.05, 4.69) is 15.9 Å². The summed E-state index contributed by atoms with van der Waals surface area (Å²) in [4.78, 5) is 0. The van der Waals surface area contributed by atoms with Crippen molar-refractivity contribution in [3.05, 3.63) is 67.9 Å². The van der Waals surface area contributed by atoms with Crippen molar-refractivity contribution in [3.63, 3.8) is 0 Å². The van der Waals surface area contributed by atoms with E-state index < -0.39 is 11.9 Å². The van der Waals surface area contributed by atoms with Crippen LogP contribution < -0.4 is 0 Å². The molecule has 0 bridgehead atoms. The van der Waals surface area contributed by atoms with Gasteiger partial charge in [0.05, 0.1) is 5.02 Å². The van der Waals surface area contributed by atoms with Crippen LogP contribution in [0.4, 0.5) is 4.39 Å². The van der Waals surface area contributed by atoms with E-state index in [1.54, 1.807) is 24.3 Å². The molecule has 1 N–H and O–H groups in total. The molecule has 0 heterocycles. The van der Waals surface area contributed by atoms with Crippen LogP contribution in [-0.4, -0.2) is 5.11 Å². The van der Waals surface area contributed by atoms with Crippen LogP contribution in [0.5, 0.6) is 0 Å². The molecule has 0 fully saturated rings. The quantitative estimate of drug-likeness (QED) is 0.758. The lowest BCUT2D eigenvalue weighted by Crippen LogP contribution is -2.02. The van der Waals surface area contributed by atoms with E-state index >= 15 is 0 Å². The minimum atomic E-state index is -1.10. The van der Waals surface area contributed by atoms with Crippen LogP contribution in [0.1, 0.15) is 17.2 Å². The Morgan fingerprint density at radius 3 is 2.56 bits per heavy atom. The Morgan fingerprint density at radius 2 is 1.89 bits per heavy atom. The summed E-state index contributed by atoms with van der Waals surface area (Å²) in [6, 6.07) is 9.26. The lowest BCUT2D eigenvalue weighted by molar-refractivity contribution is 0.215. The Balaban J connectivity index is 2.46. The highest BCUT2D eigenvalue weighted by Crippen LogP contribution is 2.32. The Morgan fingerprint density at radius 1 is 1.17 bits per heavy atom. The van der Waals surface area contributed by atoms with Gasteiger partial charge in [0.1, 0.15) is 11.9 Å².